The van der Waals surface area contributed by atoms with E-state index < -0.39 is 7.12 Å². The predicted molar refractivity (Wildman–Crippen MR) is 236 cm³/mol. The first-order valence-corrected chi connectivity index (χ1v) is 20.9. The Balaban J connectivity index is 0.000000171. The van der Waals surface area contributed by atoms with Crippen molar-refractivity contribution in [2.45, 2.75) is 18.7 Å². The third kappa shape index (κ3) is 11.6. The highest BCUT2D eigenvalue weighted by molar-refractivity contribution is 9.08. The Labute approximate surface area is 359 Å². The van der Waals surface area contributed by atoms with Crippen LogP contribution in [0.15, 0.2) is 120 Å². The van der Waals surface area contributed by atoms with Crippen molar-refractivity contribution in [3.05, 3.63) is 159 Å². The molecule has 0 saturated heterocycles. The van der Waals surface area contributed by atoms with Crippen molar-refractivity contribution in [3.63, 3.8) is 0 Å². The van der Waals surface area contributed by atoms with Gasteiger partial charge in [0.25, 0.3) is 0 Å². The van der Waals surface area contributed by atoms with E-state index in [1.54, 1.807) is 72.5 Å². The molecule has 5 N–H and O–H groups in total. The maximum absolute atomic E-state index is 15.3. The van der Waals surface area contributed by atoms with Crippen LogP contribution in [0.4, 0.5) is 8.78 Å². The second-order valence-electron chi connectivity index (χ2n) is 12.2. The molecule has 0 amide bonds. The molecule has 0 radical (unpaired) electrons. The van der Waals surface area contributed by atoms with E-state index >= 15 is 4.39 Å². The van der Waals surface area contributed by atoms with Crippen LogP contribution in [-0.4, -0.2) is 49.2 Å². The summed E-state index contributed by atoms with van der Waals surface area (Å²) in [6.07, 6.45) is 0.391. The fourth-order valence-corrected chi connectivity index (χ4v) is 7.96. The molecule has 58 heavy (non-hydrogen) atoms. The van der Waals surface area contributed by atoms with Gasteiger partial charge in [-0.3, -0.25) is 5.26 Å². The minimum Gasteiger partial charge on any atom is -0.508 e. The molecule has 0 atom stereocenters. The molecule has 0 spiro atoms. The number of fused-ring (bicyclic) bond motifs is 2. The number of nitrogens with zero attached hydrogens (tertiary/aromatic N) is 2. The fourth-order valence-electron chi connectivity index (χ4n) is 5.68. The first-order chi connectivity index (χ1) is 27.9. The Morgan fingerprint density at radius 3 is 1.62 bits per heavy atom. The smallest absolute Gasteiger partial charge is 0.488 e. The summed E-state index contributed by atoms with van der Waals surface area (Å²) in [6.45, 7) is 2.08. The average molecular weight is 926 g/mol. The van der Waals surface area contributed by atoms with Gasteiger partial charge in [0.05, 0.1) is 38.1 Å². The van der Waals surface area contributed by atoms with Crippen LogP contribution in [0.3, 0.4) is 0 Å². The highest BCUT2D eigenvalue weighted by Gasteiger charge is 2.19. The molecule has 0 saturated carbocycles. The van der Waals surface area contributed by atoms with Gasteiger partial charge in [-0.25, -0.2) is 23.6 Å². The molecule has 0 bridgehead atoms. The van der Waals surface area contributed by atoms with Gasteiger partial charge in [-0.2, -0.15) is 0 Å². The zero-order valence-electron chi connectivity index (χ0n) is 30.5. The lowest BCUT2D eigenvalue weighted by molar-refractivity contribution is -0.237. The normalized spacial score (nSPS) is 10.6. The number of aromatic nitrogens is 2. The molecule has 0 fully saturated rings. The van der Waals surface area contributed by atoms with Gasteiger partial charge in [0.2, 0.25) is 0 Å². The van der Waals surface area contributed by atoms with Gasteiger partial charge in [-0.1, -0.05) is 87.7 Å². The zero-order valence-corrected chi connectivity index (χ0v) is 35.2. The number of aromatic hydroxyl groups is 2. The lowest BCUT2D eigenvalue weighted by Crippen LogP contribution is -2.29. The summed E-state index contributed by atoms with van der Waals surface area (Å²) in [4.78, 5) is 12.2. The van der Waals surface area contributed by atoms with Gasteiger partial charge < -0.3 is 20.3 Å². The monoisotopic (exact) mass is 924 g/mol. The molecule has 298 valence electrons. The van der Waals surface area contributed by atoms with Crippen molar-refractivity contribution in [1.29, 1.82) is 0 Å². The second-order valence-corrected chi connectivity index (χ2v) is 15.4. The minimum atomic E-state index is -1.51. The highest BCUT2D eigenvalue weighted by atomic mass is 79.9. The highest BCUT2D eigenvalue weighted by Crippen LogP contribution is 2.38. The molecule has 0 unspecified atom stereocenters. The summed E-state index contributed by atoms with van der Waals surface area (Å²) in [5, 5.41) is 44.7. The van der Waals surface area contributed by atoms with Gasteiger partial charge in [0, 0.05) is 38.5 Å². The molecule has 6 aromatic carbocycles. The van der Waals surface area contributed by atoms with Crippen molar-refractivity contribution < 1.29 is 39.2 Å². The van der Waals surface area contributed by atoms with E-state index in [2.05, 4.69) is 30.8 Å². The Morgan fingerprint density at radius 2 is 1.17 bits per heavy atom. The van der Waals surface area contributed by atoms with Gasteiger partial charge in [-0.15, -0.1) is 22.7 Å². The summed E-state index contributed by atoms with van der Waals surface area (Å²) in [7, 11) is -1.51. The van der Waals surface area contributed by atoms with E-state index in [1.807, 2.05) is 36.4 Å². The lowest BCUT2D eigenvalue weighted by Gasteiger charge is -2.11. The van der Waals surface area contributed by atoms with Crippen molar-refractivity contribution in [1.82, 2.24) is 9.97 Å². The molecular weight excluding hydrogens is 892 g/mol. The molecule has 2 aromatic heterocycles. The molecule has 8 aromatic rings. The molecular formula is C42H34BBrCl2F2N2O6S2. The van der Waals surface area contributed by atoms with Gasteiger partial charge in [-0.05, 0) is 95.3 Å². The van der Waals surface area contributed by atoms with Crippen LogP contribution in [0.5, 0.6) is 11.5 Å². The number of hydrogen-bond donors (Lipinski definition) is 5. The third-order valence-electron chi connectivity index (χ3n) is 8.25. The van der Waals surface area contributed by atoms with E-state index in [0.29, 0.717) is 72.7 Å². The molecule has 8 rings (SSSR count). The average Bonchev–Trinajstić information content (AvgIpc) is 3.88. The second kappa shape index (κ2) is 21.5. The van der Waals surface area contributed by atoms with Crippen molar-refractivity contribution in [3.8, 4) is 33.8 Å². The number of phenolic OH excluding ortho intramolecular Hbond substituents is 2. The number of thiazole rings is 2. The Morgan fingerprint density at radius 1 is 0.690 bits per heavy atom. The van der Waals surface area contributed by atoms with Crippen LogP contribution >= 0.6 is 61.8 Å². The van der Waals surface area contributed by atoms with E-state index in [9.17, 15) is 9.50 Å². The lowest BCUT2D eigenvalue weighted by atomic mass is 9.80. The van der Waals surface area contributed by atoms with E-state index in [0.717, 1.165) is 20.5 Å². The quantitative estimate of drug-likeness (QED) is 0.0461. The maximum Gasteiger partial charge on any atom is 0.488 e. The fraction of sp³-hybridized carbons (Fsp3) is 0.0952. The summed E-state index contributed by atoms with van der Waals surface area (Å²) in [5.74, 6) is -0.334. The van der Waals surface area contributed by atoms with Crippen molar-refractivity contribution >= 4 is 94.8 Å². The van der Waals surface area contributed by atoms with Crippen LogP contribution in [0.2, 0.25) is 10.0 Å². The number of hydrogen-bond acceptors (Lipinski definition) is 10. The van der Waals surface area contributed by atoms with Crippen molar-refractivity contribution in [2.75, 3.05) is 6.61 Å². The summed E-state index contributed by atoms with van der Waals surface area (Å²) in [5.41, 5.74) is 9.57. The first kappa shape index (κ1) is 44.6. The zero-order chi connectivity index (χ0) is 41.8. The third-order valence-corrected chi connectivity index (χ3v) is 10.9. The predicted octanol–water partition coefficient (Wildman–Crippen LogP) is 11.3. The van der Waals surface area contributed by atoms with Gasteiger partial charge in [0.1, 0.15) is 23.1 Å². The standard InChI is InChI=1S/C20H13ClFNOS.C14H8BrClFNS.C6H7BO3.C2H6O2/c21-15-5-2-4-13(9-15)18-19(22)14(10-17-20(18)23-11-25-17)7-12-3-1-6-16(24)8-12;15-6-9-5-11-14(18-7-19-11)12(13(9)17)8-2-1-3-10(16)4-8;8-6-3-1-2-5(4-6)7(9)10;1-2-4-3/h1-6,8-11,24H,7H2;1-5,7H,6H2;1-4,8-10H;3H,2H2,1H3. The maximum atomic E-state index is 15.3. The van der Waals surface area contributed by atoms with Crippen LogP contribution in [0, 0.1) is 11.6 Å². The summed E-state index contributed by atoms with van der Waals surface area (Å²) in [6, 6.07) is 30.7. The summed E-state index contributed by atoms with van der Waals surface area (Å²) < 4.78 is 31.8. The van der Waals surface area contributed by atoms with Crippen LogP contribution < -0.4 is 5.46 Å². The van der Waals surface area contributed by atoms with E-state index in [-0.39, 0.29) is 23.1 Å². The van der Waals surface area contributed by atoms with E-state index in [4.69, 9.17) is 43.6 Å². The van der Waals surface area contributed by atoms with Crippen LogP contribution in [0.25, 0.3) is 42.7 Å². The molecule has 2 heterocycles. The van der Waals surface area contributed by atoms with E-state index in [1.165, 1.54) is 40.9 Å². The number of rotatable bonds is 7. The largest absolute Gasteiger partial charge is 0.508 e. The first-order valence-electron chi connectivity index (χ1n) is 17.3. The van der Waals surface area contributed by atoms with Crippen LogP contribution in [0.1, 0.15) is 23.6 Å². The molecule has 0 aliphatic carbocycles. The number of halogens is 5. The van der Waals surface area contributed by atoms with Crippen molar-refractivity contribution in [2.24, 2.45) is 0 Å². The van der Waals surface area contributed by atoms with Gasteiger partial charge >= 0.3 is 7.12 Å². The molecule has 0 aliphatic heterocycles. The Bertz CT molecular complexity index is 2610. The number of alkyl halides is 1. The topological polar surface area (TPSA) is 136 Å². The molecule has 16 heteroatoms. The minimum absolute atomic E-state index is 0.0330. The van der Waals surface area contributed by atoms with Gasteiger partial charge in [0.15, 0.2) is 0 Å². The number of phenols is 2. The molecule has 0 aliphatic rings. The SMILES string of the molecule is CCOO.Fc1c(CBr)cc2scnc2c1-c1cccc(Cl)c1.OB(O)c1cccc(O)c1.Oc1cccc(Cc2cc3scnc3c(-c3cccc(Cl)c3)c2F)c1. The Kier molecular flexibility index (Phi) is 16.5. The molecule has 8 nitrogen and oxygen atoms in total. The number of benzene rings is 6. The summed E-state index contributed by atoms with van der Waals surface area (Å²) >= 11 is 18.4. The Hall–Kier alpha value is -4.48. The van der Waals surface area contributed by atoms with Crippen LogP contribution in [-0.2, 0) is 16.6 Å².